The highest BCUT2D eigenvalue weighted by Crippen LogP contribution is 2.42. The maximum atomic E-state index is 13.4. The van der Waals surface area contributed by atoms with Crippen molar-refractivity contribution >= 4 is 40.4 Å². The van der Waals surface area contributed by atoms with E-state index in [0.29, 0.717) is 36.7 Å². The molecule has 52 heavy (non-hydrogen) atoms. The van der Waals surface area contributed by atoms with Crippen LogP contribution in [-0.2, 0) is 14.3 Å². The molecule has 0 saturated heterocycles. The lowest BCUT2D eigenvalue weighted by Crippen LogP contribution is -2.49. The van der Waals surface area contributed by atoms with Crippen LogP contribution in [0, 0.1) is 25.4 Å². The van der Waals surface area contributed by atoms with E-state index in [1.54, 1.807) is 30.3 Å². The van der Waals surface area contributed by atoms with E-state index in [9.17, 15) is 40.1 Å². The van der Waals surface area contributed by atoms with Crippen LogP contribution in [0.15, 0.2) is 90.5 Å². The van der Waals surface area contributed by atoms with Gasteiger partial charge in [0.2, 0.25) is 0 Å². The van der Waals surface area contributed by atoms with Crippen LogP contribution in [0.5, 0.6) is 0 Å². The van der Waals surface area contributed by atoms with Crippen molar-refractivity contribution in [3.05, 3.63) is 127 Å². The van der Waals surface area contributed by atoms with E-state index in [-0.39, 0.29) is 31.5 Å². The summed E-state index contributed by atoms with van der Waals surface area (Å²) in [5.41, 5.74) is 6.48. The number of hydrogen-bond acceptors (Lipinski definition) is 12. The van der Waals surface area contributed by atoms with Gasteiger partial charge >= 0.3 is 12.1 Å². The number of benzene rings is 3. The van der Waals surface area contributed by atoms with E-state index in [4.69, 9.17) is 9.47 Å². The summed E-state index contributed by atoms with van der Waals surface area (Å²) in [5.74, 6) is -1.47. The van der Waals surface area contributed by atoms with Crippen LogP contribution in [0.2, 0.25) is 0 Å². The van der Waals surface area contributed by atoms with Crippen LogP contribution in [0.25, 0.3) is 5.57 Å². The number of para-hydroxylation sites is 1. The minimum absolute atomic E-state index is 0.0577. The number of allylic oxidation sites excluding steroid dienone is 3. The number of nitrogens with zero attached hydrogens (tertiary/aromatic N) is 4. The van der Waals surface area contributed by atoms with Gasteiger partial charge in [-0.05, 0) is 68.1 Å². The van der Waals surface area contributed by atoms with Gasteiger partial charge in [0, 0.05) is 24.2 Å². The molecule has 3 aromatic rings. The maximum absolute atomic E-state index is 13.4. The third-order valence-electron chi connectivity index (χ3n) is 8.41. The van der Waals surface area contributed by atoms with E-state index >= 15 is 0 Å². The van der Waals surface area contributed by atoms with Crippen LogP contribution in [0.4, 0.5) is 27.5 Å². The number of amides is 1. The molecule has 1 amide bonds. The summed E-state index contributed by atoms with van der Waals surface area (Å²) in [4.78, 5) is 47.4. The number of nitro benzene ring substituents is 2. The Labute approximate surface area is 300 Å². The van der Waals surface area contributed by atoms with E-state index in [1.807, 2.05) is 50.3 Å². The third-order valence-corrected chi connectivity index (χ3v) is 8.41. The first-order chi connectivity index (χ1) is 25.0. The number of aliphatic carboxylic acids is 1. The molecule has 0 aromatic heterocycles. The highest BCUT2D eigenvalue weighted by Gasteiger charge is 2.30. The summed E-state index contributed by atoms with van der Waals surface area (Å²) in [6.45, 7) is 3.52. The molecule has 3 aromatic carbocycles. The first kappa shape index (κ1) is 39.1. The summed E-state index contributed by atoms with van der Waals surface area (Å²) in [6.07, 6.45) is 4.73. The number of hydrogen-bond donors (Lipinski definition) is 3. The molecule has 1 unspecified atom stereocenters. The number of hydroxylamine groups is 1. The quantitative estimate of drug-likeness (QED) is 0.0486. The minimum atomic E-state index is -1.41. The van der Waals surface area contributed by atoms with Crippen molar-refractivity contribution in [2.24, 2.45) is 0 Å². The second-order valence-corrected chi connectivity index (χ2v) is 11.9. The first-order valence-corrected chi connectivity index (χ1v) is 16.6. The molecule has 0 heterocycles. The van der Waals surface area contributed by atoms with E-state index in [1.165, 1.54) is 17.0 Å². The molecule has 2 atom stereocenters. The standard InChI is InChI=1S/C36H41N6O10/c1-3-12-28-25(2)31(30-16-9-8-15-29(28)30)22-52-36(45)39(26-13-6-4-7-14-26)24-51-23-33(35(43)44)38-40(46)20-11-5-10-19-37-32-18-17-27(41(47)48)21-34(32)42(49)50/h3-4,6-9,12-18,21,31,33,37-38H,5,10-11,19-20,22-24H2,1-2H3,(H,43,44)/q-1/b12-3-/t31?,33-/m0/s1. The molecule has 276 valence electrons. The number of ether oxygens (including phenoxy) is 2. The molecule has 4 rings (SSSR count). The Morgan fingerprint density at radius 2 is 1.73 bits per heavy atom. The molecule has 16 heteroatoms. The number of carboxylic acids is 1. The predicted octanol–water partition coefficient (Wildman–Crippen LogP) is 6.61. The molecular formula is C36H41N6O10-. The molecule has 0 radical (unpaired) electrons. The number of rotatable bonds is 20. The Hall–Kier alpha value is -5.68. The van der Waals surface area contributed by atoms with E-state index in [0.717, 1.165) is 28.3 Å². The average Bonchev–Trinajstić information content (AvgIpc) is 3.39. The second kappa shape index (κ2) is 19.1. The summed E-state index contributed by atoms with van der Waals surface area (Å²) < 4.78 is 11.4. The lowest BCUT2D eigenvalue weighted by molar-refractivity contribution is -0.393. The monoisotopic (exact) mass is 717 g/mol. The Bertz CT molecular complexity index is 1780. The number of carbonyl (C=O) groups excluding carboxylic acids is 1. The first-order valence-electron chi connectivity index (χ1n) is 16.6. The number of fused-ring (bicyclic) bond motifs is 1. The molecule has 1 aliphatic rings. The summed E-state index contributed by atoms with van der Waals surface area (Å²) in [7, 11) is 0. The highest BCUT2D eigenvalue weighted by molar-refractivity contribution is 5.88. The molecule has 0 fully saturated rings. The van der Waals surface area contributed by atoms with Crippen LogP contribution in [-0.4, -0.2) is 71.3 Å². The number of anilines is 2. The Morgan fingerprint density at radius 1 is 1.00 bits per heavy atom. The largest absolute Gasteiger partial charge is 0.772 e. The van der Waals surface area contributed by atoms with Gasteiger partial charge in [0.05, 0.1) is 22.5 Å². The Morgan fingerprint density at radius 3 is 2.42 bits per heavy atom. The number of carboxylic acid groups (broad SMARTS) is 1. The molecule has 16 nitrogen and oxygen atoms in total. The van der Waals surface area contributed by atoms with Crippen LogP contribution >= 0.6 is 0 Å². The number of unbranched alkanes of at least 4 members (excludes halogenated alkanes) is 2. The van der Waals surface area contributed by atoms with Gasteiger partial charge in [-0.1, -0.05) is 66.6 Å². The average molecular weight is 718 g/mol. The van der Waals surface area contributed by atoms with Gasteiger partial charge in [0.15, 0.2) is 0 Å². The second-order valence-electron chi connectivity index (χ2n) is 11.9. The lowest BCUT2D eigenvalue weighted by atomic mass is 9.98. The molecule has 0 spiro atoms. The van der Waals surface area contributed by atoms with E-state index in [2.05, 4.69) is 10.7 Å². The van der Waals surface area contributed by atoms with Gasteiger partial charge in [-0.15, -0.1) is 0 Å². The van der Waals surface area contributed by atoms with Crippen molar-refractivity contribution in [1.29, 1.82) is 0 Å². The number of nitro groups is 2. The number of hydrazine groups is 1. The van der Waals surface area contributed by atoms with Crippen molar-refractivity contribution in [2.75, 3.05) is 43.3 Å². The van der Waals surface area contributed by atoms with Crippen molar-refractivity contribution in [1.82, 2.24) is 10.6 Å². The fraction of sp³-hybridized carbons (Fsp3) is 0.333. The normalized spacial score (nSPS) is 14.3. The van der Waals surface area contributed by atoms with E-state index < -0.39 is 45.9 Å². The topological polar surface area (TPSA) is 213 Å². The van der Waals surface area contributed by atoms with Crippen molar-refractivity contribution in [2.45, 2.75) is 45.1 Å². The van der Waals surface area contributed by atoms with Crippen LogP contribution in [0.1, 0.15) is 50.2 Å². The smallest absolute Gasteiger partial charge is 0.416 e. The Kier molecular flexibility index (Phi) is 14.3. The zero-order valence-corrected chi connectivity index (χ0v) is 28.8. The van der Waals surface area contributed by atoms with Gasteiger partial charge in [-0.25, -0.2) is 4.79 Å². The summed E-state index contributed by atoms with van der Waals surface area (Å²) in [6, 6.07) is 18.5. The number of nitrogens with one attached hydrogen (secondary N) is 2. The van der Waals surface area contributed by atoms with Crippen molar-refractivity contribution < 1.29 is 34.0 Å². The fourth-order valence-electron chi connectivity index (χ4n) is 5.73. The molecule has 0 bridgehead atoms. The molecule has 0 saturated carbocycles. The zero-order chi connectivity index (χ0) is 37.6. The molecule has 1 aliphatic carbocycles. The third kappa shape index (κ3) is 10.4. The summed E-state index contributed by atoms with van der Waals surface area (Å²) in [5, 5.41) is 47.7. The Balaban J connectivity index is 1.25. The fourth-order valence-corrected chi connectivity index (χ4v) is 5.73. The summed E-state index contributed by atoms with van der Waals surface area (Å²) >= 11 is 0. The molecular weight excluding hydrogens is 676 g/mol. The van der Waals surface area contributed by atoms with Gasteiger partial charge in [0.1, 0.15) is 25.1 Å². The van der Waals surface area contributed by atoms with Crippen LogP contribution < -0.4 is 15.6 Å². The van der Waals surface area contributed by atoms with Crippen LogP contribution in [0.3, 0.4) is 0 Å². The molecule has 0 aliphatic heterocycles. The number of carbonyl (C=O) groups is 2. The highest BCUT2D eigenvalue weighted by atomic mass is 16.6. The van der Waals surface area contributed by atoms with Gasteiger partial charge < -0.3 is 30.3 Å². The zero-order valence-electron chi connectivity index (χ0n) is 28.8. The number of non-ortho nitro benzene ring substituents is 1. The molecule has 3 N–H and O–H groups in total. The lowest BCUT2D eigenvalue weighted by Gasteiger charge is -2.32. The van der Waals surface area contributed by atoms with Gasteiger partial charge in [-0.3, -0.25) is 35.3 Å². The maximum Gasteiger partial charge on any atom is 0.416 e. The predicted molar refractivity (Wildman–Crippen MR) is 194 cm³/mol. The van der Waals surface area contributed by atoms with Gasteiger partial charge in [-0.2, -0.15) is 0 Å². The van der Waals surface area contributed by atoms with Crippen molar-refractivity contribution in [3.63, 3.8) is 0 Å². The minimum Gasteiger partial charge on any atom is -0.772 e. The van der Waals surface area contributed by atoms with Gasteiger partial charge in [0.25, 0.3) is 11.4 Å². The SMILES string of the molecule is C/C=C\C1=C(C)C(COC(=O)N(COC[C@H](NN([O-])CCCCCNc2ccc([N+](=O)[O-])cc2[N+](=O)[O-])C(=O)O)c2ccccc2)c2ccccc21. The van der Waals surface area contributed by atoms with Crippen molar-refractivity contribution in [3.8, 4) is 0 Å².